The quantitative estimate of drug-likeness (QED) is 0.568. The fraction of sp³-hybridized carbons (Fsp3) is 1.00. The van der Waals surface area contributed by atoms with E-state index in [1.165, 1.54) is 0 Å². The smallest absolute Gasteiger partial charge is 0.0856 e. The molecule has 66 valence electrons. The molecular weight excluding hydrogens is 144 g/mol. The van der Waals surface area contributed by atoms with E-state index < -0.39 is 0 Å². The molecule has 4 atom stereocenters. The fourth-order valence-electron chi connectivity index (χ4n) is 1.48. The Morgan fingerprint density at radius 1 is 1.45 bits per heavy atom. The number of hydrogen-bond acceptors (Lipinski definition) is 3. The van der Waals surface area contributed by atoms with E-state index in [1.807, 2.05) is 13.8 Å². The molecule has 3 heteroatoms. The van der Waals surface area contributed by atoms with E-state index in [0.29, 0.717) is 6.61 Å². The third-order valence-corrected chi connectivity index (χ3v) is 2.46. The van der Waals surface area contributed by atoms with Crippen molar-refractivity contribution in [2.24, 2.45) is 11.8 Å². The Bertz CT molecular complexity index is 125. The average molecular weight is 160 g/mol. The largest absolute Gasteiger partial charge is 0.394 e. The Morgan fingerprint density at radius 3 is 2.64 bits per heavy atom. The van der Waals surface area contributed by atoms with Gasteiger partial charge in [0.25, 0.3) is 0 Å². The summed E-state index contributed by atoms with van der Waals surface area (Å²) in [7, 11) is 0. The number of aliphatic hydroxyl groups is 2. The summed E-state index contributed by atoms with van der Waals surface area (Å²) in [5, 5.41) is 18.4. The molecule has 2 N–H and O–H groups in total. The molecule has 1 rings (SSSR count). The molecule has 0 aromatic rings. The summed E-state index contributed by atoms with van der Waals surface area (Å²) in [5.41, 5.74) is 0. The first kappa shape index (κ1) is 8.97. The van der Waals surface area contributed by atoms with E-state index in [-0.39, 0.29) is 30.7 Å². The Labute approximate surface area is 67.0 Å². The molecule has 0 radical (unpaired) electrons. The maximum Gasteiger partial charge on any atom is 0.0856 e. The molecule has 1 heterocycles. The summed E-state index contributed by atoms with van der Waals surface area (Å²) in [5.74, 6) is 0.233. The molecule has 0 aromatic heterocycles. The van der Waals surface area contributed by atoms with Crippen molar-refractivity contribution in [1.29, 1.82) is 0 Å². The summed E-state index contributed by atoms with van der Waals surface area (Å²) in [4.78, 5) is 0. The fourth-order valence-corrected chi connectivity index (χ4v) is 1.48. The van der Waals surface area contributed by atoms with E-state index in [0.717, 1.165) is 0 Å². The second-order valence-corrected chi connectivity index (χ2v) is 3.38. The zero-order valence-corrected chi connectivity index (χ0v) is 7.03. The van der Waals surface area contributed by atoms with Crippen LogP contribution in [0.5, 0.6) is 0 Å². The van der Waals surface area contributed by atoms with Gasteiger partial charge in [0.05, 0.1) is 25.4 Å². The topological polar surface area (TPSA) is 49.7 Å². The van der Waals surface area contributed by atoms with Gasteiger partial charge < -0.3 is 14.9 Å². The first-order valence-corrected chi connectivity index (χ1v) is 4.07. The molecule has 3 nitrogen and oxygen atoms in total. The summed E-state index contributed by atoms with van der Waals surface area (Å²) in [6, 6.07) is 0. The maximum absolute atomic E-state index is 9.56. The highest BCUT2D eigenvalue weighted by Gasteiger charge is 2.33. The zero-order valence-electron chi connectivity index (χ0n) is 7.03. The first-order valence-electron chi connectivity index (χ1n) is 4.07. The molecule has 1 fully saturated rings. The highest BCUT2D eigenvalue weighted by molar-refractivity contribution is 4.81. The van der Waals surface area contributed by atoms with Crippen LogP contribution in [0, 0.1) is 11.8 Å². The van der Waals surface area contributed by atoms with Crippen LogP contribution in [-0.2, 0) is 4.74 Å². The van der Waals surface area contributed by atoms with Crippen molar-refractivity contribution in [2.45, 2.75) is 26.1 Å². The molecule has 1 aliphatic rings. The Kier molecular flexibility index (Phi) is 2.87. The van der Waals surface area contributed by atoms with Crippen molar-refractivity contribution in [2.75, 3.05) is 13.2 Å². The molecule has 1 saturated heterocycles. The third-order valence-electron chi connectivity index (χ3n) is 2.46. The Hall–Kier alpha value is -0.120. The van der Waals surface area contributed by atoms with E-state index in [4.69, 9.17) is 9.84 Å². The summed E-state index contributed by atoms with van der Waals surface area (Å²) in [6.45, 7) is 4.41. The average Bonchev–Trinajstić information content (AvgIpc) is 2.01. The number of aliphatic hydroxyl groups excluding tert-OH is 2. The lowest BCUT2D eigenvalue weighted by atomic mass is 9.87. The van der Waals surface area contributed by atoms with Gasteiger partial charge in [-0.1, -0.05) is 13.8 Å². The minimum atomic E-state index is -0.333. The van der Waals surface area contributed by atoms with Gasteiger partial charge in [-0.05, 0) is 0 Å². The van der Waals surface area contributed by atoms with Gasteiger partial charge in [-0.25, -0.2) is 0 Å². The monoisotopic (exact) mass is 160 g/mol. The zero-order chi connectivity index (χ0) is 8.43. The second-order valence-electron chi connectivity index (χ2n) is 3.38. The van der Waals surface area contributed by atoms with Gasteiger partial charge in [0.1, 0.15) is 0 Å². The molecule has 0 aromatic carbocycles. The summed E-state index contributed by atoms with van der Waals surface area (Å²) >= 11 is 0. The maximum atomic E-state index is 9.56. The molecule has 0 spiro atoms. The van der Waals surface area contributed by atoms with Gasteiger partial charge in [-0.2, -0.15) is 0 Å². The van der Waals surface area contributed by atoms with Crippen molar-refractivity contribution >= 4 is 0 Å². The van der Waals surface area contributed by atoms with Crippen molar-refractivity contribution in [3.8, 4) is 0 Å². The molecule has 4 unspecified atom stereocenters. The molecule has 0 bridgehead atoms. The van der Waals surface area contributed by atoms with Crippen LogP contribution in [0.15, 0.2) is 0 Å². The highest BCUT2D eigenvalue weighted by atomic mass is 16.5. The Morgan fingerprint density at radius 2 is 2.09 bits per heavy atom. The molecule has 0 amide bonds. The second kappa shape index (κ2) is 3.52. The standard InChI is InChI=1S/C8H16O3/c1-5-4-11-7(3-9)6(2)8(5)10/h5-10H,3-4H2,1-2H3. The lowest BCUT2D eigenvalue weighted by Crippen LogP contribution is -2.45. The summed E-state index contributed by atoms with van der Waals surface area (Å²) < 4.78 is 5.31. The van der Waals surface area contributed by atoms with Crippen molar-refractivity contribution < 1.29 is 14.9 Å². The predicted octanol–water partition coefficient (Wildman–Crippen LogP) is 0.0106. The first-order chi connectivity index (χ1) is 5.16. The van der Waals surface area contributed by atoms with E-state index in [2.05, 4.69) is 0 Å². The van der Waals surface area contributed by atoms with Crippen molar-refractivity contribution in [3.05, 3.63) is 0 Å². The van der Waals surface area contributed by atoms with Gasteiger partial charge in [-0.3, -0.25) is 0 Å². The number of ether oxygens (including phenoxy) is 1. The predicted molar refractivity (Wildman–Crippen MR) is 41.2 cm³/mol. The molecule has 0 aliphatic carbocycles. The van der Waals surface area contributed by atoms with E-state index in [1.54, 1.807) is 0 Å². The van der Waals surface area contributed by atoms with E-state index >= 15 is 0 Å². The van der Waals surface area contributed by atoms with Crippen LogP contribution in [0.2, 0.25) is 0 Å². The van der Waals surface area contributed by atoms with Crippen LogP contribution in [0.1, 0.15) is 13.8 Å². The van der Waals surface area contributed by atoms with Gasteiger partial charge in [0.2, 0.25) is 0 Å². The molecular formula is C8H16O3. The molecule has 11 heavy (non-hydrogen) atoms. The van der Waals surface area contributed by atoms with Gasteiger partial charge >= 0.3 is 0 Å². The van der Waals surface area contributed by atoms with Crippen LogP contribution in [-0.4, -0.2) is 35.6 Å². The minimum absolute atomic E-state index is 0.00491. The summed E-state index contributed by atoms with van der Waals surface area (Å²) in [6.07, 6.45) is -0.512. The number of rotatable bonds is 1. The van der Waals surface area contributed by atoms with Gasteiger partial charge in [0.15, 0.2) is 0 Å². The van der Waals surface area contributed by atoms with Crippen molar-refractivity contribution in [1.82, 2.24) is 0 Å². The van der Waals surface area contributed by atoms with Crippen molar-refractivity contribution in [3.63, 3.8) is 0 Å². The van der Waals surface area contributed by atoms with Crippen LogP contribution in [0.3, 0.4) is 0 Å². The molecule has 0 saturated carbocycles. The van der Waals surface area contributed by atoms with Crippen LogP contribution >= 0.6 is 0 Å². The lowest BCUT2D eigenvalue weighted by Gasteiger charge is -2.36. The van der Waals surface area contributed by atoms with Crippen LogP contribution in [0.4, 0.5) is 0 Å². The minimum Gasteiger partial charge on any atom is -0.394 e. The third kappa shape index (κ3) is 1.72. The van der Waals surface area contributed by atoms with Gasteiger partial charge in [-0.15, -0.1) is 0 Å². The normalized spacial score (nSPS) is 45.8. The molecule has 1 aliphatic heterocycles. The van der Waals surface area contributed by atoms with E-state index in [9.17, 15) is 5.11 Å². The highest BCUT2D eigenvalue weighted by Crippen LogP contribution is 2.24. The SMILES string of the molecule is CC1COC(CO)C(C)C1O. The van der Waals surface area contributed by atoms with Gasteiger partial charge in [0, 0.05) is 11.8 Å². The Balaban J connectivity index is 2.52. The van der Waals surface area contributed by atoms with Crippen LogP contribution < -0.4 is 0 Å². The van der Waals surface area contributed by atoms with Crippen LogP contribution in [0.25, 0.3) is 0 Å². The lowest BCUT2D eigenvalue weighted by molar-refractivity contribution is -0.131. The number of hydrogen-bond donors (Lipinski definition) is 2.